The van der Waals surface area contributed by atoms with Gasteiger partial charge in [-0.15, -0.1) is 0 Å². The fourth-order valence-corrected chi connectivity index (χ4v) is 1.31. The molecular weight excluding hydrogens is 220 g/mol. The lowest BCUT2D eigenvalue weighted by Crippen LogP contribution is -2.41. The molecule has 0 saturated carbocycles. The SMILES string of the molecule is COCCN(C)C(=O)N(C=O)c1ccccc1. The average molecular weight is 236 g/mol. The Morgan fingerprint density at radius 2 is 2.00 bits per heavy atom. The van der Waals surface area contributed by atoms with Gasteiger partial charge < -0.3 is 9.64 Å². The number of imide groups is 1. The highest BCUT2D eigenvalue weighted by Crippen LogP contribution is 2.12. The number of carbonyl (C=O) groups excluding carboxylic acids is 2. The Hall–Kier alpha value is -1.88. The lowest BCUT2D eigenvalue weighted by molar-refractivity contribution is -0.107. The number of anilines is 1. The quantitative estimate of drug-likeness (QED) is 0.725. The zero-order valence-corrected chi connectivity index (χ0v) is 10.00. The first-order chi connectivity index (χ1) is 8.20. The van der Waals surface area contributed by atoms with Gasteiger partial charge in [0.25, 0.3) is 0 Å². The standard InChI is InChI=1S/C12H16N2O3/c1-13(8-9-17-2)12(16)14(10-15)11-6-4-3-5-7-11/h3-7,10H,8-9H2,1-2H3. The first kappa shape index (κ1) is 13.2. The molecule has 0 N–H and O–H groups in total. The molecule has 0 aliphatic heterocycles. The van der Waals surface area contributed by atoms with Crippen LogP contribution in [-0.2, 0) is 9.53 Å². The third kappa shape index (κ3) is 3.57. The first-order valence-corrected chi connectivity index (χ1v) is 5.24. The highest BCUT2D eigenvalue weighted by molar-refractivity contribution is 6.05. The van der Waals surface area contributed by atoms with Crippen molar-refractivity contribution in [2.24, 2.45) is 0 Å². The van der Waals surface area contributed by atoms with E-state index in [1.165, 1.54) is 4.90 Å². The summed E-state index contributed by atoms with van der Waals surface area (Å²) in [6.45, 7) is 0.871. The molecular formula is C12H16N2O3. The van der Waals surface area contributed by atoms with Crippen molar-refractivity contribution >= 4 is 18.1 Å². The number of benzene rings is 1. The van der Waals surface area contributed by atoms with Gasteiger partial charge >= 0.3 is 6.03 Å². The van der Waals surface area contributed by atoms with Crippen molar-refractivity contribution in [3.63, 3.8) is 0 Å². The van der Waals surface area contributed by atoms with Crippen LogP contribution in [0.5, 0.6) is 0 Å². The zero-order chi connectivity index (χ0) is 12.7. The number of hydrogen-bond donors (Lipinski definition) is 0. The molecule has 0 aromatic heterocycles. The van der Waals surface area contributed by atoms with E-state index in [4.69, 9.17) is 4.74 Å². The Balaban J connectivity index is 2.74. The van der Waals surface area contributed by atoms with E-state index < -0.39 is 0 Å². The van der Waals surface area contributed by atoms with E-state index in [0.717, 1.165) is 4.90 Å². The van der Waals surface area contributed by atoms with Crippen molar-refractivity contribution in [2.45, 2.75) is 0 Å². The number of nitrogens with zero attached hydrogens (tertiary/aromatic N) is 2. The third-order valence-corrected chi connectivity index (χ3v) is 2.30. The van der Waals surface area contributed by atoms with Gasteiger partial charge in [-0.3, -0.25) is 4.79 Å². The van der Waals surface area contributed by atoms with Crippen LogP contribution >= 0.6 is 0 Å². The number of hydrogen-bond acceptors (Lipinski definition) is 3. The molecule has 0 heterocycles. The molecule has 0 spiro atoms. The minimum atomic E-state index is -0.372. The highest BCUT2D eigenvalue weighted by Gasteiger charge is 2.18. The van der Waals surface area contributed by atoms with Crippen LogP contribution in [0.15, 0.2) is 30.3 Å². The third-order valence-electron chi connectivity index (χ3n) is 2.30. The molecule has 0 bridgehead atoms. The van der Waals surface area contributed by atoms with Crippen molar-refractivity contribution < 1.29 is 14.3 Å². The minimum Gasteiger partial charge on any atom is -0.383 e. The molecule has 0 aliphatic rings. The Morgan fingerprint density at radius 1 is 1.35 bits per heavy atom. The molecule has 0 atom stereocenters. The van der Waals surface area contributed by atoms with Crippen LogP contribution in [0.3, 0.4) is 0 Å². The molecule has 0 fully saturated rings. The maximum absolute atomic E-state index is 11.9. The normalized spacial score (nSPS) is 9.76. The van der Waals surface area contributed by atoms with E-state index >= 15 is 0 Å². The van der Waals surface area contributed by atoms with Crippen LogP contribution in [0.4, 0.5) is 10.5 Å². The van der Waals surface area contributed by atoms with Crippen LogP contribution < -0.4 is 4.90 Å². The van der Waals surface area contributed by atoms with Crippen molar-refractivity contribution in [2.75, 3.05) is 32.2 Å². The fourth-order valence-electron chi connectivity index (χ4n) is 1.31. The van der Waals surface area contributed by atoms with Gasteiger partial charge in [-0.2, -0.15) is 0 Å². The van der Waals surface area contributed by atoms with Crippen LogP contribution in [0.2, 0.25) is 0 Å². The summed E-state index contributed by atoms with van der Waals surface area (Å²) in [4.78, 5) is 25.4. The summed E-state index contributed by atoms with van der Waals surface area (Å²) in [6, 6.07) is 8.41. The molecule has 0 radical (unpaired) electrons. The number of likely N-dealkylation sites (N-methyl/N-ethyl adjacent to an activating group) is 1. The van der Waals surface area contributed by atoms with Crippen LogP contribution in [0.1, 0.15) is 0 Å². The summed E-state index contributed by atoms with van der Waals surface area (Å²) in [5, 5.41) is 0. The second kappa shape index (κ2) is 6.65. The number of rotatable bonds is 5. The fraction of sp³-hybridized carbons (Fsp3) is 0.333. The Morgan fingerprint density at radius 3 is 2.53 bits per heavy atom. The van der Waals surface area contributed by atoms with E-state index in [2.05, 4.69) is 0 Å². The van der Waals surface area contributed by atoms with Crippen LogP contribution in [-0.4, -0.2) is 44.7 Å². The summed E-state index contributed by atoms with van der Waals surface area (Å²) in [5.74, 6) is 0. The summed E-state index contributed by atoms with van der Waals surface area (Å²) in [5.41, 5.74) is 0.553. The van der Waals surface area contributed by atoms with E-state index in [1.807, 2.05) is 6.07 Å². The monoisotopic (exact) mass is 236 g/mol. The Bertz CT molecular complexity index is 367. The molecule has 0 unspecified atom stereocenters. The van der Waals surface area contributed by atoms with Gasteiger partial charge in [-0.05, 0) is 12.1 Å². The van der Waals surface area contributed by atoms with Crippen molar-refractivity contribution in [3.05, 3.63) is 30.3 Å². The number of amides is 3. The Labute approximate surface area is 101 Å². The van der Waals surface area contributed by atoms with Crippen molar-refractivity contribution in [1.29, 1.82) is 0 Å². The van der Waals surface area contributed by atoms with Crippen LogP contribution in [0.25, 0.3) is 0 Å². The molecule has 5 heteroatoms. The molecule has 92 valence electrons. The number of ether oxygens (including phenoxy) is 1. The van der Waals surface area contributed by atoms with Crippen molar-refractivity contribution in [3.8, 4) is 0 Å². The van der Waals surface area contributed by atoms with E-state index in [0.29, 0.717) is 25.2 Å². The van der Waals surface area contributed by atoms with Gasteiger partial charge in [0, 0.05) is 20.7 Å². The summed E-state index contributed by atoms with van der Waals surface area (Å²) in [6.07, 6.45) is 0.515. The van der Waals surface area contributed by atoms with Gasteiger partial charge in [0.05, 0.1) is 12.3 Å². The highest BCUT2D eigenvalue weighted by atomic mass is 16.5. The molecule has 5 nitrogen and oxygen atoms in total. The molecule has 3 amide bonds. The molecule has 1 aromatic carbocycles. The second-order valence-corrected chi connectivity index (χ2v) is 3.51. The predicted octanol–water partition coefficient (Wildman–Crippen LogP) is 1.35. The summed E-state index contributed by atoms with van der Waals surface area (Å²) >= 11 is 0. The van der Waals surface area contributed by atoms with Crippen molar-refractivity contribution in [1.82, 2.24) is 4.90 Å². The Kier molecular flexibility index (Phi) is 5.16. The first-order valence-electron chi connectivity index (χ1n) is 5.24. The number of urea groups is 1. The largest absolute Gasteiger partial charge is 0.383 e. The van der Waals surface area contributed by atoms with Gasteiger partial charge in [-0.1, -0.05) is 18.2 Å². The molecule has 1 rings (SSSR count). The minimum absolute atomic E-state index is 0.372. The smallest absolute Gasteiger partial charge is 0.330 e. The van der Waals surface area contributed by atoms with Gasteiger partial charge in [0.2, 0.25) is 6.41 Å². The summed E-state index contributed by atoms with van der Waals surface area (Å²) in [7, 11) is 3.19. The maximum Gasteiger partial charge on any atom is 0.330 e. The average Bonchev–Trinajstić information content (AvgIpc) is 2.38. The number of carbonyl (C=O) groups is 2. The van der Waals surface area contributed by atoms with Gasteiger partial charge in [0.1, 0.15) is 0 Å². The van der Waals surface area contributed by atoms with E-state index in [1.54, 1.807) is 38.4 Å². The topological polar surface area (TPSA) is 49.9 Å². The summed E-state index contributed by atoms with van der Waals surface area (Å²) < 4.78 is 4.88. The molecule has 17 heavy (non-hydrogen) atoms. The maximum atomic E-state index is 11.9. The van der Waals surface area contributed by atoms with E-state index in [-0.39, 0.29) is 6.03 Å². The lowest BCUT2D eigenvalue weighted by Gasteiger charge is -2.23. The lowest BCUT2D eigenvalue weighted by atomic mass is 10.3. The van der Waals surface area contributed by atoms with Gasteiger partial charge in [0.15, 0.2) is 0 Å². The van der Waals surface area contributed by atoms with Gasteiger partial charge in [-0.25, -0.2) is 9.69 Å². The zero-order valence-electron chi connectivity index (χ0n) is 10.00. The molecule has 0 saturated heterocycles. The molecule has 0 aliphatic carbocycles. The van der Waals surface area contributed by atoms with Crippen LogP contribution in [0, 0.1) is 0 Å². The predicted molar refractivity (Wildman–Crippen MR) is 64.9 cm³/mol. The number of methoxy groups -OCH3 is 1. The second-order valence-electron chi connectivity index (χ2n) is 3.51. The number of para-hydroxylation sites is 1. The molecule has 1 aromatic rings. The van der Waals surface area contributed by atoms with E-state index in [9.17, 15) is 9.59 Å².